The Balaban J connectivity index is 1.83. The Labute approximate surface area is 111 Å². The quantitative estimate of drug-likeness (QED) is 0.697. The van der Waals surface area contributed by atoms with Crippen LogP contribution >= 0.6 is 0 Å². The zero-order valence-corrected chi connectivity index (χ0v) is 10.9. The number of anilines is 1. The molecule has 2 unspecified atom stereocenters. The van der Waals surface area contributed by atoms with Gasteiger partial charge in [0.1, 0.15) is 0 Å². The first-order chi connectivity index (χ1) is 8.89. The van der Waals surface area contributed by atoms with Crippen molar-refractivity contribution in [2.75, 3.05) is 5.32 Å². The third kappa shape index (κ3) is 1.73. The Hall–Kier alpha value is -1.88. The predicted molar refractivity (Wildman–Crippen MR) is 70.1 cm³/mol. The monoisotopic (exact) mass is 260 g/mol. The Morgan fingerprint density at radius 1 is 1.26 bits per heavy atom. The molecule has 1 fully saturated rings. The molecular weight excluding hydrogens is 244 g/mol. The topological polar surface area (TPSA) is 78.4 Å². The van der Waals surface area contributed by atoms with Crippen LogP contribution < -0.4 is 10.6 Å². The summed E-state index contributed by atoms with van der Waals surface area (Å²) in [7, 11) is 0. The molecule has 2 atom stereocenters. The lowest BCUT2D eigenvalue weighted by Gasteiger charge is -2.49. The van der Waals surface area contributed by atoms with Crippen molar-refractivity contribution in [1.29, 1.82) is 0 Å². The maximum Gasteiger partial charge on any atom is 0.259 e. The summed E-state index contributed by atoms with van der Waals surface area (Å²) in [5.74, 6) is -0.692. The average Bonchev–Trinajstić information content (AvgIpc) is 2.64. The molecule has 1 heterocycles. The van der Waals surface area contributed by atoms with Gasteiger partial charge in [-0.05, 0) is 24.6 Å². The molecule has 1 saturated carbocycles. The van der Waals surface area contributed by atoms with E-state index in [1.54, 1.807) is 18.2 Å². The molecule has 19 heavy (non-hydrogen) atoms. The van der Waals surface area contributed by atoms with E-state index in [1.807, 2.05) is 13.8 Å². The fourth-order valence-electron chi connectivity index (χ4n) is 2.61. The number of hydrogen-bond donors (Lipinski definition) is 3. The number of hydrogen-bond acceptors (Lipinski definition) is 4. The minimum Gasteiger partial charge on any atom is -0.392 e. The number of imide groups is 1. The van der Waals surface area contributed by atoms with E-state index in [1.165, 1.54) is 0 Å². The van der Waals surface area contributed by atoms with Crippen molar-refractivity contribution in [1.82, 2.24) is 5.32 Å². The van der Waals surface area contributed by atoms with Crippen LogP contribution in [0, 0.1) is 5.41 Å². The van der Waals surface area contributed by atoms with Crippen LogP contribution in [0.15, 0.2) is 18.2 Å². The zero-order valence-electron chi connectivity index (χ0n) is 10.9. The maximum atomic E-state index is 11.6. The summed E-state index contributed by atoms with van der Waals surface area (Å²) in [5, 5.41) is 15.3. The largest absolute Gasteiger partial charge is 0.392 e. The van der Waals surface area contributed by atoms with E-state index in [0.29, 0.717) is 17.5 Å². The second-order valence-corrected chi connectivity index (χ2v) is 5.81. The van der Waals surface area contributed by atoms with Crippen LogP contribution in [0.2, 0.25) is 0 Å². The van der Waals surface area contributed by atoms with E-state index in [2.05, 4.69) is 10.6 Å². The SMILES string of the molecule is CC1(C)C(O)CC1Nc1ccc2c(c1)C(=O)NC2=O. The van der Waals surface area contributed by atoms with Crippen molar-refractivity contribution < 1.29 is 14.7 Å². The first-order valence-electron chi connectivity index (χ1n) is 6.34. The number of nitrogens with one attached hydrogen (secondary N) is 2. The fraction of sp³-hybridized carbons (Fsp3) is 0.429. The zero-order chi connectivity index (χ0) is 13.8. The van der Waals surface area contributed by atoms with E-state index < -0.39 is 0 Å². The molecule has 0 aromatic heterocycles. The van der Waals surface area contributed by atoms with Gasteiger partial charge in [0.05, 0.1) is 17.2 Å². The summed E-state index contributed by atoms with van der Waals surface area (Å²) in [5.41, 5.74) is 1.45. The van der Waals surface area contributed by atoms with Gasteiger partial charge in [-0.25, -0.2) is 0 Å². The van der Waals surface area contributed by atoms with Gasteiger partial charge < -0.3 is 10.4 Å². The van der Waals surface area contributed by atoms with Gasteiger partial charge in [-0.1, -0.05) is 13.8 Å². The molecule has 2 aliphatic rings. The molecule has 0 bridgehead atoms. The smallest absolute Gasteiger partial charge is 0.259 e. The summed E-state index contributed by atoms with van der Waals surface area (Å²) in [6.07, 6.45) is 0.388. The molecule has 0 saturated heterocycles. The Bertz CT molecular complexity index is 580. The minimum atomic E-state index is -0.350. The molecular formula is C14H16N2O3. The molecule has 3 rings (SSSR count). The van der Waals surface area contributed by atoms with Gasteiger partial charge in [0.2, 0.25) is 0 Å². The van der Waals surface area contributed by atoms with Crippen molar-refractivity contribution >= 4 is 17.5 Å². The van der Waals surface area contributed by atoms with E-state index in [-0.39, 0.29) is 29.4 Å². The van der Waals surface area contributed by atoms with Gasteiger partial charge in [0.15, 0.2) is 0 Å². The van der Waals surface area contributed by atoms with E-state index in [0.717, 1.165) is 5.69 Å². The number of fused-ring (bicyclic) bond motifs is 1. The van der Waals surface area contributed by atoms with Gasteiger partial charge in [-0.15, -0.1) is 0 Å². The molecule has 0 spiro atoms. The fourth-order valence-corrected chi connectivity index (χ4v) is 2.61. The number of amides is 2. The third-order valence-corrected chi connectivity index (χ3v) is 4.29. The number of benzene rings is 1. The van der Waals surface area contributed by atoms with Gasteiger partial charge in [0.25, 0.3) is 11.8 Å². The lowest BCUT2D eigenvalue weighted by Crippen LogP contribution is -2.56. The summed E-state index contributed by atoms with van der Waals surface area (Å²) in [6, 6.07) is 5.30. The van der Waals surface area contributed by atoms with Crippen LogP contribution in [0.25, 0.3) is 0 Å². The number of aliphatic hydroxyl groups is 1. The second kappa shape index (κ2) is 3.81. The van der Waals surface area contributed by atoms with Gasteiger partial charge in [0, 0.05) is 17.1 Å². The number of carbonyl (C=O) groups excluding carboxylic acids is 2. The molecule has 0 radical (unpaired) electrons. The molecule has 2 amide bonds. The maximum absolute atomic E-state index is 11.6. The first kappa shape index (κ1) is 12.2. The van der Waals surface area contributed by atoms with Crippen molar-refractivity contribution in [2.45, 2.75) is 32.4 Å². The Morgan fingerprint density at radius 2 is 1.95 bits per heavy atom. The highest BCUT2D eigenvalue weighted by atomic mass is 16.3. The van der Waals surface area contributed by atoms with Gasteiger partial charge >= 0.3 is 0 Å². The lowest BCUT2D eigenvalue weighted by molar-refractivity contribution is -0.0510. The molecule has 5 nitrogen and oxygen atoms in total. The van der Waals surface area contributed by atoms with E-state index in [9.17, 15) is 14.7 Å². The molecule has 100 valence electrons. The number of aliphatic hydroxyl groups excluding tert-OH is 1. The number of rotatable bonds is 2. The minimum absolute atomic E-state index is 0.167. The molecule has 1 aromatic carbocycles. The van der Waals surface area contributed by atoms with Crippen LogP contribution in [0.3, 0.4) is 0 Å². The number of carbonyl (C=O) groups is 2. The van der Waals surface area contributed by atoms with E-state index in [4.69, 9.17) is 0 Å². The molecule has 3 N–H and O–H groups in total. The molecule has 1 aliphatic heterocycles. The highest BCUT2D eigenvalue weighted by molar-refractivity contribution is 6.21. The molecule has 1 aromatic rings. The summed E-state index contributed by atoms with van der Waals surface area (Å²) < 4.78 is 0. The average molecular weight is 260 g/mol. The second-order valence-electron chi connectivity index (χ2n) is 5.81. The molecule has 1 aliphatic carbocycles. The van der Waals surface area contributed by atoms with Crippen molar-refractivity contribution in [3.05, 3.63) is 29.3 Å². The highest BCUT2D eigenvalue weighted by Gasteiger charge is 2.47. The highest BCUT2D eigenvalue weighted by Crippen LogP contribution is 2.42. The normalized spacial score (nSPS) is 27.5. The summed E-state index contributed by atoms with van der Waals surface area (Å²) >= 11 is 0. The standard InChI is InChI=1S/C14H16N2O3/c1-14(2)10(6-11(14)17)15-7-3-4-8-9(5-7)13(19)16-12(8)18/h3-5,10-11,15,17H,6H2,1-2H3,(H,16,18,19). The van der Waals surface area contributed by atoms with Crippen molar-refractivity contribution in [3.63, 3.8) is 0 Å². The summed E-state index contributed by atoms with van der Waals surface area (Å²) in [6.45, 7) is 4.00. The van der Waals surface area contributed by atoms with Crippen LogP contribution in [-0.4, -0.2) is 29.1 Å². The first-order valence-corrected chi connectivity index (χ1v) is 6.34. The lowest BCUT2D eigenvalue weighted by atomic mass is 9.64. The van der Waals surface area contributed by atoms with Crippen LogP contribution in [-0.2, 0) is 0 Å². The summed E-state index contributed by atoms with van der Waals surface area (Å²) in [4.78, 5) is 23.0. The van der Waals surface area contributed by atoms with Gasteiger partial charge in [-0.3, -0.25) is 14.9 Å². The predicted octanol–water partition coefficient (Wildman–Crippen LogP) is 1.14. The molecule has 5 heteroatoms. The van der Waals surface area contributed by atoms with Crippen LogP contribution in [0.5, 0.6) is 0 Å². The Kier molecular flexibility index (Phi) is 2.44. The Morgan fingerprint density at radius 3 is 2.58 bits per heavy atom. The van der Waals surface area contributed by atoms with Crippen molar-refractivity contribution in [2.24, 2.45) is 5.41 Å². The van der Waals surface area contributed by atoms with Crippen LogP contribution in [0.4, 0.5) is 5.69 Å². The van der Waals surface area contributed by atoms with Crippen molar-refractivity contribution in [3.8, 4) is 0 Å². The third-order valence-electron chi connectivity index (χ3n) is 4.29. The van der Waals surface area contributed by atoms with Gasteiger partial charge in [-0.2, -0.15) is 0 Å². The van der Waals surface area contributed by atoms with Crippen LogP contribution in [0.1, 0.15) is 41.0 Å². The van der Waals surface area contributed by atoms with E-state index >= 15 is 0 Å².